The molecule has 1 rings (SSSR count). The summed E-state index contributed by atoms with van der Waals surface area (Å²) in [5.41, 5.74) is -0.450. The van der Waals surface area contributed by atoms with Crippen LogP contribution in [0.2, 0.25) is 0 Å². The molecule has 4 nitrogen and oxygen atoms in total. The van der Waals surface area contributed by atoms with Crippen molar-refractivity contribution in [2.75, 3.05) is 19.8 Å². The van der Waals surface area contributed by atoms with Crippen LogP contribution in [0.5, 0.6) is 0 Å². The number of hydrogen-bond donors (Lipinski definition) is 0. The molecule has 1 amide bonds. The van der Waals surface area contributed by atoms with E-state index in [1.165, 1.54) is 0 Å². The number of rotatable bonds is 2. The lowest BCUT2D eigenvalue weighted by molar-refractivity contribution is -0.0217. The van der Waals surface area contributed by atoms with Crippen molar-refractivity contribution in [3.05, 3.63) is 12.2 Å². The van der Waals surface area contributed by atoms with Crippen LogP contribution in [-0.4, -0.2) is 42.4 Å². The number of morpholine rings is 1. The number of amides is 1. The predicted octanol–water partition coefficient (Wildman–Crippen LogP) is 2.59. The molecule has 0 aliphatic carbocycles. The monoisotopic (exact) mass is 241 g/mol. The van der Waals surface area contributed by atoms with Crippen molar-refractivity contribution in [1.82, 2.24) is 4.90 Å². The van der Waals surface area contributed by atoms with Crippen LogP contribution >= 0.6 is 0 Å². The van der Waals surface area contributed by atoms with Crippen molar-refractivity contribution < 1.29 is 14.3 Å². The molecule has 98 valence electrons. The van der Waals surface area contributed by atoms with Crippen molar-refractivity contribution >= 4 is 6.09 Å². The van der Waals surface area contributed by atoms with Gasteiger partial charge in [0.2, 0.25) is 0 Å². The number of carbonyl (C=O) groups excluding carboxylic acids is 1. The minimum Gasteiger partial charge on any atom is -0.444 e. The van der Waals surface area contributed by atoms with Crippen LogP contribution in [-0.2, 0) is 9.47 Å². The Morgan fingerprint density at radius 3 is 2.82 bits per heavy atom. The number of allylic oxidation sites excluding steroid dienone is 1. The highest BCUT2D eigenvalue weighted by atomic mass is 16.6. The number of ether oxygens (including phenoxy) is 2. The molecule has 4 heteroatoms. The summed E-state index contributed by atoms with van der Waals surface area (Å²) in [7, 11) is 0. The average molecular weight is 241 g/mol. The molecule has 0 aromatic rings. The SMILES string of the molecule is CC/C=C/[C@@H]1COCCN1C(=O)OC(C)(C)C. The molecule has 0 saturated carbocycles. The Hall–Kier alpha value is -1.03. The van der Waals surface area contributed by atoms with E-state index in [9.17, 15) is 4.79 Å². The van der Waals surface area contributed by atoms with Gasteiger partial charge in [-0.1, -0.05) is 19.1 Å². The summed E-state index contributed by atoms with van der Waals surface area (Å²) in [6, 6.07) is -0.00134. The van der Waals surface area contributed by atoms with Gasteiger partial charge in [0.25, 0.3) is 0 Å². The second-order valence-corrected chi connectivity index (χ2v) is 5.15. The standard InChI is InChI=1S/C13H23NO3/c1-5-6-7-11-10-16-9-8-14(11)12(15)17-13(2,3)4/h6-7,11H,5,8-10H2,1-4H3/b7-6+/t11-/m1/s1. The third kappa shape index (κ3) is 4.77. The molecule has 1 fully saturated rings. The largest absolute Gasteiger partial charge is 0.444 e. The maximum atomic E-state index is 12.0. The minimum absolute atomic E-state index is 0.00134. The molecule has 0 spiro atoms. The highest BCUT2D eigenvalue weighted by Crippen LogP contribution is 2.15. The second-order valence-electron chi connectivity index (χ2n) is 5.15. The first-order valence-corrected chi connectivity index (χ1v) is 6.18. The zero-order chi connectivity index (χ0) is 12.9. The van der Waals surface area contributed by atoms with Crippen LogP contribution in [0.25, 0.3) is 0 Å². The van der Waals surface area contributed by atoms with E-state index < -0.39 is 5.60 Å². The van der Waals surface area contributed by atoms with Gasteiger partial charge in [0.1, 0.15) is 5.60 Å². The van der Waals surface area contributed by atoms with Crippen LogP contribution in [0.3, 0.4) is 0 Å². The zero-order valence-electron chi connectivity index (χ0n) is 11.2. The second kappa shape index (κ2) is 6.05. The molecule has 1 heterocycles. The third-order valence-corrected chi connectivity index (χ3v) is 2.39. The van der Waals surface area contributed by atoms with Gasteiger partial charge < -0.3 is 9.47 Å². The summed E-state index contributed by atoms with van der Waals surface area (Å²) in [5, 5.41) is 0. The summed E-state index contributed by atoms with van der Waals surface area (Å²) < 4.78 is 10.8. The van der Waals surface area contributed by atoms with Crippen LogP contribution in [0.15, 0.2) is 12.2 Å². The summed E-state index contributed by atoms with van der Waals surface area (Å²) >= 11 is 0. The van der Waals surface area contributed by atoms with Gasteiger partial charge in [-0.25, -0.2) is 4.79 Å². The Morgan fingerprint density at radius 1 is 1.53 bits per heavy atom. The summed E-state index contributed by atoms with van der Waals surface area (Å²) in [6.45, 7) is 9.42. The van der Waals surface area contributed by atoms with Crippen LogP contribution in [0, 0.1) is 0 Å². The van der Waals surface area contributed by atoms with Crippen molar-refractivity contribution in [3.8, 4) is 0 Å². The maximum absolute atomic E-state index is 12.0. The molecule has 0 aromatic carbocycles. The number of nitrogens with zero attached hydrogens (tertiary/aromatic N) is 1. The van der Waals surface area contributed by atoms with E-state index in [0.29, 0.717) is 19.8 Å². The smallest absolute Gasteiger partial charge is 0.410 e. The lowest BCUT2D eigenvalue weighted by Crippen LogP contribution is -2.49. The van der Waals surface area contributed by atoms with Crippen LogP contribution in [0.4, 0.5) is 4.79 Å². The fourth-order valence-electron chi connectivity index (χ4n) is 1.62. The van der Waals surface area contributed by atoms with E-state index in [4.69, 9.17) is 9.47 Å². The molecule has 0 bridgehead atoms. The maximum Gasteiger partial charge on any atom is 0.410 e. The third-order valence-electron chi connectivity index (χ3n) is 2.39. The molecule has 0 aromatic heterocycles. The zero-order valence-corrected chi connectivity index (χ0v) is 11.2. The van der Waals surface area contributed by atoms with Gasteiger partial charge >= 0.3 is 6.09 Å². The van der Waals surface area contributed by atoms with Gasteiger partial charge in [-0.15, -0.1) is 0 Å². The normalized spacial score (nSPS) is 21.9. The summed E-state index contributed by atoms with van der Waals surface area (Å²) in [4.78, 5) is 13.7. The molecule has 0 N–H and O–H groups in total. The van der Waals surface area contributed by atoms with Gasteiger partial charge in [-0.2, -0.15) is 0 Å². The van der Waals surface area contributed by atoms with Gasteiger partial charge in [0.15, 0.2) is 0 Å². The van der Waals surface area contributed by atoms with Crippen molar-refractivity contribution in [2.24, 2.45) is 0 Å². The Balaban J connectivity index is 2.64. The van der Waals surface area contributed by atoms with Gasteiger partial charge in [0, 0.05) is 6.54 Å². The quantitative estimate of drug-likeness (QED) is 0.697. The lowest BCUT2D eigenvalue weighted by Gasteiger charge is -2.35. The molecule has 1 atom stereocenters. The Labute approximate surface area is 104 Å². The van der Waals surface area contributed by atoms with Crippen molar-refractivity contribution in [2.45, 2.75) is 45.8 Å². The van der Waals surface area contributed by atoms with E-state index in [-0.39, 0.29) is 12.1 Å². The van der Waals surface area contributed by atoms with Crippen LogP contribution < -0.4 is 0 Å². The average Bonchev–Trinajstić information content (AvgIpc) is 2.24. The number of carbonyl (C=O) groups is 1. The van der Waals surface area contributed by atoms with E-state index in [2.05, 4.69) is 13.0 Å². The van der Waals surface area contributed by atoms with Gasteiger partial charge in [-0.05, 0) is 27.2 Å². The Kier molecular flexibility index (Phi) is 5.00. The highest BCUT2D eigenvalue weighted by Gasteiger charge is 2.29. The first-order chi connectivity index (χ1) is 7.94. The molecule has 1 aliphatic rings. The van der Waals surface area contributed by atoms with E-state index in [1.807, 2.05) is 26.8 Å². The predicted molar refractivity (Wildman–Crippen MR) is 67.0 cm³/mol. The first-order valence-electron chi connectivity index (χ1n) is 6.18. The molecular formula is C13H23NO3. The van der Waals surface area contributed by atoms with E-state index >= 15 is 0 Å². The van der Waals surface area contributed by atoms with E-state index in [0.717, 1.165) is 6.42 Å². The highest BCUT2D eigenvalue weighted by molar-refractivity contribution is 5.69. The van der Waals surface area contributed by atoms with Crippen LogP contribution in [0.1, 0.15) is 34.1 Å². The molecule has 17 heavy (non-hydrogen) atoms. The molecule has 0 unspecified atom stereocenters. The Morgan fingerprint density at radius 2 is 2.24 bits per heavy atom. The Bertz CT molecular complexity index is 281. The lowest BCUT2D eigenvalue weighted by atomic mass is 10.2. The van der Waals surface area contributed by atoms with Crippen molar-refractivity contribution in [1.29, 1.82) is 0 Å². The number of hydrogen-bond acceptors (Lipinski definition) is 3. The minimum atomic E-state index is -0.450. The fourth-order valence-corrected chi connectivity index (χ4v) is 1.62. The first kappa shape index (κ1) is 14.0. The molecular weight excluding hydrogens is 218 g/mol. The molecule has 1 aliphatic heterocycles. The van der Waals surface area contributed by atoms with Gasteiger partial charge in [-0.3, -0.25) is 4.90 Å². The van der Waals surface area contributed by atoms with Gasteiger partial charge in [0.05, 0.1) is 19.3 Å². The van der Waals surface area contributed by atoms with Crippen molar-refractivity contribution in [3.63, 3.8) is 0 Å². The summed E-state index contributed by atoms with van der Waals surface area (Å²) in [6.07, 6.45) is 4.77. The topological polar surface area (TPSA) is 38.8 Å². The summed E-state index contributed by atoms with van der Waals surface area (Å²) in [5.74, 6) is 0. The fraction of sp³-hybridized carbons (Fsp3) is 0.769. The van der Waals surface area contributed by atoms with E-state index in [1.54, 1.807) is 4.90 Å². The molecule has 0 radical (unpaired) electrons. The molecule has 1 saturated heterocycles.